The minimum absolute atomic E-state index is 0.0373. The first kappa shape index (κ1) is 16.5. The van der Waals surface area contributed by atoms with Gasteiger partial charge < -0.3 is 10.0 Å². The average molecular weight is 328 g/mol. The summed E-state index contributed by atoms with van der Waals surface area (Å²) in [7, 11) is 0. The number of hydrogen-bond donors (Lipinski definition) is 1. The molecule has 0 saturated carbocycles. The summed E-state index contributed by atoms with van der Waals surface area (Å²) in [5.74, 6) is -0.532. The van der Waals surface area contributed by atoms with Gasteiger partial charge in [-0.1, -0.05) is 24.6 Å². The summed E-state index contributed by atoms with van der Waals surface area (Å²) >= 11 is 0. The highest BCUT2D eigenvalue weighted by atomic mass is 16.4. The van der Waals surface area contributed by atoms with Crippen LogP contribution in [0, 0.1) is 13.8 Å². The second-order valence-corrected chi connectivity index (χ2v) is 6.51. The fourth-order valence-electron chi connectivity index (χ4n) is 3.47. The van der Waals surface area contributed by atoms with Gasteiger partial charge in [-0.3, -0.25) is 0 Å². The van der Waals surface area contributed by atoms with Gasteiger partial charge >= 0.3 is 5.97 Å². The number of anilines is 1. The number of nitrogens with zero attached hydrogens (tertiary/aromatic N) is 4. The lowest BCUT2D eigenvalue weighted by Gasteiger charge is -2.35. The zero-order chi connectivity index (χ0) is 17.3. The number of carbonyl (C=O) groups is 1. The molecule has 0 unspecified atom stereocenters. The number of carboxylic acids is 1. The number of hydrogen-bond acceptors (Lipinski definition) is 4. The minimum atomic E-state index is -1.03. The van der Waals surface area contributed by atoms with Crippen molar-refractivity contribution in [2.24, 2.45) is 0 Å². The Morgan fingerprint density at radius 3 is 2.75 bits per heavy atom. The van der Waals surface area contributed by atoms with Crippen LogP contribution >= 0.6 is 0 Å². The molecule has 1 aliphatic heterocycles. The molecule has 1 atom stereocenters. The Morgan fingerprint density at radius 2 is 2.08 bits per heavy atom. The van der Waals surface area contributed by atoms with E-state index >= 15 is 0 Å². The molecule has 1 fully saturated rings. The quantitative estimate of drug-likeness (QED) is 0.932. The Balaban J connectivity index is 2.06. The second-order valence-electron chi connectivity index (χ2n) is 6.51. The summed E-state index contributed by atoms with van der Waals surface area (Å²) in [6.07, 6.45) is 4.30. The standard InChI is InChI=1S/C18H24N4O2/c1-4-14-7-5-6-10-21(14)17-16(18(23)24)19-22(20-17)15-9-8-12(2)11-13(15)3/h8-9,11,14H,4-7,10H2,1-3H3,(H,23,24)/t14-/m1/s1. The van der Waals surface area contributed by atoms with E-state index in [0.29, 0.717) is 11.9 Å². The Labute approximate surface area is 142 Å². The Kier molecular flexibility index (Phi) is 4.55. The molecule has 6 heteroatoms. The van der Waals surface area contributed by atoms with Gasteiger partial charge in [-0.15, -0.1) is 15.0 Å². The maximum atomic E-state index is 11.7. The van der Waals surface area contributed by atoms with Gasteiger partial charge in [0.25, 0.3) is 0 Å². The lowest BCUT2D eigenvalue weighted by molar-refractivity contribution is 0.0690. The van der Waals surface area contributed by atoms with Crippen molar-refractivity contribution < 1.29 is 9.90 Å². The van der Waals surface area contributed by atoms with Crippen LogP contribution in [0.25, 0.3) is 5.69 Å². The van der Waals surface area contributed by atoms with Crippen LogP contribution in [0.1, 0.15) is 54.2 Å². The summed E-state index contributed by atoms with van der Waals surface area (Å²) < 4.78 is 0. The van der Waals surface area contributed by atoms with Crippen molar-refractivity contribution in [3.8, 4) is 5.69 Å². The third kappa shape index (κ3) is 3.00. The average Bonchev–Trinajstić information content (AvgIpc) is 3.00. The van der Waals surface area contributed by atoms with Gasteiger partial charge in [-0.05, 0) is 51.2 Å². The van der Waals surface area contributed by atoms with Crippen molar-refractivity contribution in [2.45, 2.75) is 52.5 Å². The van der Waals surface area contributed by atoms with Crippen molar-refractivity contribution >= 4 is 11.8 Å². The zero-order valence-electron chi connectivity index (χ0n) is 14.5. The second kappa shape index (κ2) is 6.63. The van der Waals surface area contributed by atoms with E-state index in [1.165, 1.54) is 11.2 Å². The molecular weight excluding hydrogens is 304 g/mol. The molecule has 3 rings (SSSR count). The van der Waals surface area contributed by atoms with Crippen LogP contribution in [0.4, 0.5) is 5.82 Å². The van der Waals surface area contributed by atoms with Crippen LogP contribution < -0.4 is 4.90 Å². The van der Waals surface area contributed by atoms with E-state index in [1.807, 2.05) is 26.0 Å². The van der Waals surface area contributed by atoms with Crippen molar-refractivity contribution in [2.75, 3.05) is 11.4 Å². The number of piperidine rings is 1. The first-order valence-electron chi connectivity index (χ1n) is 8.56. The Morgan fingerprint density at radius 1 is 1.29 bits per heavy atom. The van der Waals surface area contributed by atoms with E-state index in [9.17, 15) is 9.90 Å². The number of aromatic carboxylic acids is 1. The molecule has 2 aromatic rings. The van der Waals surface area contributed by atoms with E-state index in [1.54, 1.807) is 0 Å². The largest absolute Gasteiger partial charge is 0.476 e. The smallest absolute Gasteiger partial charge is 0.360 e. The molecule has 2 heterocycles. The molecule has 1 N–H and O–H groups in total. The Hall–Kier alpha value is -2.37. The summed E-state index contributed by atoms with van der Waals surface area (Å²) in [5, 5.41) is 18.4. The number of aryl methyl sites for hydroxylation is 2. The van der Waals surface area contributed by atoms with Crippen molar-refractivity contribution in [3.63, 3.8) is 0 Å². The third-order valence-electron chi connectivity index (χ3n) is 4.74. The highest BCUT2D eigenvalue weighted by Crippen LogP contribution is 2.28. The van der Waals surface area contributed by atoms with Crippen LogP contribution in [0.15, 0.2) is 18.2 Å². The lowest BCUT2D eigenvalue weighted by Crippen LogP contribution is -2.40. The third-order valence-corrected chi connectivity index (χ3v) is 4.74. The van der Waals surface area contributed by atoms with Gasteiger partial charge in [0.2, 0.25) is 5.69 Å². The van der Waals surface area contributed by atoms with E-state index in [0.717, 1.165) is 42.6 Å². The number of carboxylic acid groups (broad SMARTS) is 1. The van der Waals surface area contributed by atoms with E-state index in [-0.39, 0.29) is 5.69 Å². The highest BCUT2D eigenvalue weighted by molar-refractivity contribution is 5.91. The summed E-state index contributed by atoms with van der Waals surface area (Å²) in [6, 6.07) is 6.31. The van der Waals surface area contributed by atoms with Crippen LogP contribution in [0.3, 0.4) is 0 Å². The van der Waals surface area contributed by atoms with Gasteiger partial charge in [-0.25, -0.2) is 4.79 Å². The van der Waals surface area contributed by atoms with Crippen molar-refractivity contribution in [1.82, 2.24) is 15.0 Å². The van der Waals surface area contributed by atoms with E-state index < -0.39 is 5.97 Å². The molecule has 0 bridgehead atoms. The summed E-state index contributed by atoms with van der Waals surface area (Å²) in [5.41, 5.74) is 3.04. The molecule has 24 heavy (non-hydrogen) atoms. The lowest BCUT2D eigenvalue weighted by atomic mass is 10.00. The molecular formula is C18H24N4O2. The van der Waals surface area contributed by atoms with E-state index in [2.05, 4.69) is 28.1 Å². The molecule has 6 nitrogen and oxygen atoms in total. The zero-order valence-corrected chi connectivity index (χ0v) is 14.5. The van der Waals surface area contributed by atoms with Gasteiger partial charge in [0.05, 0.1) is 5.69 Å². The van der Waals surface area contributed by atoms with Crippen molar-refractivity contribution in [3.05, 3.63) is 35.0 Å². The van der Waals surface area contributed by atoms with Crippen LogP contribution in [-0.2, 0) is 0 Å². The number of rotatable bonds is 4. The maximum Gasteiger partial charge on any atom is 0.360 e. The predicted octanol–water partition coefficient (Wildman–Crippen LogP) is 3.35. The van der Waals surface area contributed by atoms with Gasteiger partial charge in [-0.2, -0.15) is 0 Å². The maximum absolute atomic E-state index is 11.7. The van der Waals surface area contributed by atoms with E-state index in [4.69, 9.17) is 0 Å². The molecule has 1 aliphatic rings. The normalized spacial score (nSPS) is 18.0. The fraction of sp³-hybridized carbons (Fsp3) is 0.500. The molecule has 0 radical (unpaired) electrons. The molecule has 128 valence electrons. The molecule has 0 amide bonds. The van der Waals surface area contributed by atoms with Gasteiger partial charge in [0, 0.05) is 12.6 Å². The van der Waals surface area contributed by atoms with Gasteiger partial charge in [0.15, 0.2) is 5.82 Å². The molecule has 1 aromatic heterocycles. The Bertz CT molecular complexity index is 753. The molecule has 1 saturated heterocycles. The predicted molar refractivity (Wildman–Crippen MR) is 93.1 cm³/mol. The molecule has 0 aliphatic carbocycles. The summed E-state index contributed by atoms with van der Waals surface area (Å²) in [6.45, 7) is 6.99. The first-order chi connectivity index (χ1) is 11.5. The fourth-order valence-corrected chi connectivity index (χ4v) is 3.47. The van der Waals surface area contributed by atoms with Crippen LogP contribution in [0.5, 0.6) is 0 Å². The minimum Gasteiger partial charge on any atom is -0.476 e. The highest BCUT2D eigenvalue weighted by Gasteiger charge is 2.29. The van der Waals surface area contributed by atoms with Crippen molar-refractivity contribution in [1.29, 1.82) is 0 Å². The molecule has 1 aromatic carbocycles. The SMILES string of the molecule is CC[C@@H]1CCCCN1c1nn(-c2ccc(C)cc2C)nc1C(=O)O. The monoisotopic (exact) mass is 328 g/mol. The van der Waals surface area contributed by atoms with Crippen LogP contribution in [-0.4, -0.2) is 38.7 Å². The molecule has 0 spiro atoms. The topological polar surface area (TPSA) is 71.2 Å². The van der Waals surface area contributed by atoms with Gasteiger partial charge in [0.1, 0.15) is 0 Å². The number of aromatic nitrogens is 3. The van der Waals surface area contributed by atoms with Crippen LogP contribution in [0.2, 0.25) is 0 Å². The first-order valence-corrected chi connectivity index (χ1v) is 8.56. The number of benzene rings is 1. The summed E-state index contributed by atoms with van der Waals surface area (Å²) in [4.78, 5) is 15.3.